The van der Waals surface area contributed by atoms with E-state index in [2.05, 4.69) is 20.8 Å². The molecule has 1 aromatic carbocycles. The van der Waals surface area contributed by atoms with E-state index < -0.39 is 6.10 Å². The van der Waals surface area contributed by atoms with E-state index in [-0.39, 0.29) is 18.2 Å². The molecule has 0 fully saturated rings. The number of rotatable bonds is 5. The van der Waals surface area contributed by atoms with Gasteiger partial charge < -0.3 is 10.4 Å². The fraction of sp³-hybridized carbons (Fsp3) is 0.429. The molecule has 2 N–H and O–H groups in total. The number of nitrogens with one attached hydrogen (secondary N) is 1. The van der Waals surface area contributed by atoms with E-state index in [1.54, 1.807) is 10.7 Å². The molecule has 1 aromatic heterocycles. The van der Waals surface area contributed by atoms with E-state index in [1.165, 1.54) is 6.33 Å². The molecule has 7 nitrogen and oxygen atoms in total. The predicted octanol–water partition coefficient (Wildman–Crippen LogP) is 1.32. The van der Waals surface area contributed by atoms with Gasteiger partial charge in [-0.2, -0.15) is 0 Å². The first-order valence-electron chi connectivity index (χ1n) is 6.79. The Kier molecular flexibility index (Phi) is 4.64. The standard InChI is InChI=1S/C14H19N5O2/c1-9(2)13(20)7-14(21)16-11-4-5-12(10(3)6-11)19-8-15-17-18-19/h4-6,8-9,13,20H,7H2,1-3H3,(H,16,21). The summed E-state index contributed by atoms with van der Waals surface area (Å²) in [4.78, 5) is 11.8. The fourth-order valence-corrected chi connectivity index (χ4v) is 1.90. The van der Waals surface area contributed by atoms with E-state index in [1.807, 2.05) is 32.9 Å². The maximum Gasteiger partial charge on any atom is 0.226 e. The van der Waals surface area contributed by atoms with Gasteiger partial charge in [0.2, 0.25) is 5.91 Å². The average molecular weight is 289 g/mol. The van der Waals surface area contributed by atoms with Crippen LogP contribution >= 0.6 is 0 Å². The Morgan fingerprint density at radius 2 is 2.19 bits per heavy atom. The Bertz CT molecular complexity index is 610. The minimum atomic E-state index is -0.633. The highest BCUT2D eigenvalue weighted by Gasteiger charge is 2.14. The SMILES string of the molecule is Cc1cc(NC(=O)CC(O)C(C)C)ccc1-n1cnnn1. The van der Waals surface area contributed by atoms with Crippen molar-refractivity contribution in [1.29, 1.82) is 0 Å². The summed E-state index contributed by atoms with van der Waals surface area (Å²) in [5.41, 5.74) is 2.47. The lowest BCUT2D eigenvalue weighted by Crippen LogP contribution is -2.23. The predicted molar refractivity (Wildman–Crippen MR) is 78.0 cm³/mol. The van der Waals surface area contributed by atoms with E-state index in [0.717, 1.165) is 11.3 Å². The molecule has 0 aliphatic rings. The van der Waals surface area contributed by atoms with Crippen molar-refractivity contribution in [3.05, 3.63) is 30.1 Å². The number of aromatic nitrogens is 4. The van der Waals surface area contributed by atoms with Crippen LogP contribution in [0.5, 0.6) is 0 Å². The molecule has 0 bridgehead atoms. The van der Waals surface area contributed by atoms with Gasteiger partial charge in [-0.25, -0.2) is 4.68 Å². The van der Waals surface area contributed by atoms with Crippen LogP contribution in [0.2, 0.25) is 0 Å². The lowest BCUT2D eigenvalue weighted by molar-refractivity contribution is -0.118. The number of aliphatic hydroxyl groups is 1. The number of nitrogens with zero attached hydrogens (tertiary/aromatic N) is 4. The van der Waals surface area contributed by atoms with Gasteiger partial charge in [0.15, 0.2) is 0 Å². The number of hydrogen-bond acceptors (Lipinski definition) is 5. The fourth-order valence-electron chi connectivity index (χ4n) is 1.90. The van der Waals surface area contributed by atoms with Gasteiger partial charge in [-0.1, -0.05) is 13.8 Å². The molecule has 1 unspecified atom stereocenters. The first kappa shape index (κ1) is 15.1. The van der Waals surface area contributed by atoms with Crippen LogP contribution in [0.1, 0.15) is 25.8 Å². The molecule has 2 aromatic rings. The summed E-state index contributed by atoms with van der Waals surface area (Å²) in [6.45, 7) is 5.67. The molecule has 0 saturated carbocycles. The Hall–Kier alpha value is -2.28. The zero-order valence-corrected chi connectivity index (χ0v) is 12.3. The molecule has 0 saturated heterocycles. The summed E-state index contributed by atoms with van der Waals surface area (Å²) in [5, 5.41) is 23.5. The molecule has 0 aliphatic heterocycles. The van der Waals surface area contributed by atoms with Crippen molar-refractivity contribution in [2.45, 2.75) is 33.3 Å². The second-order valence-electron chi connectivity index (χ2n) is 5.32. The highest BCUT2D eigenvalue weighted by molar-refractivity contribution is 5.91. The zero-order valence-electron chi connectivity index (χ0n) is 12.3. The molecule has 7 heteroatoms. The van der Waals surface area contributed by atoms with Crippen LogP contribution in [0.3, 0.4) is 0 Å². The van der Waals surface area contributed by atoms with Crippen molar-refractivity contribution < 1.29 is 9.90 Å². The number of anilines is 1. The summed E-state index contributed by atoms with van der Waals surface area (Å²) in [5.74, 6) is -0.148. The Balaban J connectivity index is 2.05. The first-order chi connectivity index (χ1) is 9.97. The minimum absolute atomic E-state index is 0.0553. The maximum atomic E-state index is 11.8. The second kappa shape index (κ2) is 6.45. The highest BCUT2D eigenvalue weighted by atomic mass is 16.3. The summed E-state index contributed by atoms with van der Waals surface area (Å²) >= 11 is 0. The van der Waals surface area contributed by atoms with Gasteiger partial charge in [0.25, 0.3) is 0 Å². The number of carbonyl (C=O) groups is 1. The molecule has 21 heavy (non-hydrogen) atoms. The number of hydrogen-bond donors (Lipinski definition) is 2. The van der Waals surface area contributed by atoms with Crippen molar-refractivity contribution in [3.8, 4) is 5.69 Å². The molecule has 1 amide bonds. The van der Waals surface area contributed by atoms with Crippen LogP contribution in [0.25, 0.3) is 5.69 Å². The molecule has 1 atom stereocenters. The smallest absolute Gasteiger partial charge is 0.226 e. The van der Waals surface area contributed by atoms with Crippen molar-refractivity contribution in [1.82, 2.24) is 20.2 Å². The lowest BCUT2D eigenvalue weighted by Gasteiger charge is -2.14. The molecular weight excluding hydrogens is 270 g/mol. The van der Waals surface area contributed by atoms with E-state index >= 15 is 0 Å². The van der Waals surface area contributed by atoms with Crippen LogP contribution in [-0.4, -0.2) is 37.3 Å². The largest absolute Gasteiger partial charge is 0.392 e. The van der Waals surface area contributed by atoms with Gasteiger partial charge in [0, 0.05) is 5.69 Å². The molecule has 0 spiro atoms. The van der Waals surface area contributed by atoms with Gasteiger partial charge in [0.1, 0.15) is 6.33 Å². The summed E-state index contributed by atoms with van der Waals surface area (Å²) in [6, 6.07) is 5.46. The maximum absolute atomic E-state index is 11.8. The Morgan fingerprint density at radius 1 is 1.43 bits per heavy atom. The Labute approximate surface area is 123 Å². The van der Waals surface area contributed by atoms with Crippen molar-refractivity contribution in [3.63, 3.8) is 0 Å². The monoisotopic (exact) mass is 289 g/mol. The van der Waals surface area contributed by atoms with Gasteiger partial charge in [0.05, 0.1) is 18.2 Å². The number of benzene rings is 1. The van der Waals surface area contributed by atoms with Crippen LogP contribution in [0, 0.1) is 12.8 Å². The zero-order chi connectivity index (χ0) is 15.4. The number of tetrazole rings is 1. The van der Waals surface area contributed by atoms with E-state index in [9.17, 15) is 9.90 Å². The van der Waals surface area contributed by atoms with Crippen LogP contribution in [0.15, 0.2) is 24.5 Å². The van der Waals surface area contributed by atoms with Gasteiger partial charge in [-0.05, 0) is 47.0 Å². The van der Waals surface area contributed by atoms with Crippen LogP contribution in [-0.2, 0) is 4.79 Å². The number of aliphatic hydroxyl groups excluding tert-OH is 1. The topological polar surface area (TPSA) is 92.9 Å². The number of aryl methyl sites for hydroxylation is 1. The number of carbonyl (C=O) groups excluding carboxylic acids is 1. The average Bonchev–Trinajstić information content (AvgIpc) is 2.92. The Morgan fingerprint density at radius 3 is 2.76 bits per heavy atom. The summed E-state index contributed by atoms with van der Waals surface area (Å²) in [7, 11) is 0. The molecule has 112 valence electrons. The minimum Gasteiger partial charge on any atom is -0.392 e. The first-order valence-corrected chi connectivity index (χ1v) is 6.79. The highest BCUT2D eigenvalue weighted by Crippen LogP contribution is 2.18. The third-order valence-electron chi connectivity index (χ3n) is 3.24. The quantitative estimate of drug-likeness (QED) is 0.866. The van der Waals surface area contributed by atoms with Crippen LogP contribution < -0.4 is 5.32 Å². The van der Waals surface area contributed by atoms with E-state index in [0.29, 0.717) is 5.69 Å². The molecule has 2 rings (SSSR count). The third kappa shape index (κ3) is 3.85. The van der Waals surface area contributed by atoms with Gasteiger partial charge >= 0.3 is 0 Å². The van der Waals surface area contributed by atoms with Crippen molar-refractivity contribution in [2.75, 3.05) is 5.32 Å². The second-order valence-corrected chi connectivity index (χ2v) is 5.32. The number of amides is 1. The van der Waals surface area contributed by atoms with Crippen LogP contribution in [0.4, 0.5) is 5.69 Å². The molecule has 1 heterocycles. The third-order valence-corrected chi connectivity index (χ3v) is 3.24. The molecule has 0 aliphatic carbocycles. The lowest BCUT2D eigenvalue weighted by atomic mass is 10.0. The summed E-state index contributed by atoms with van der Waals surface area (Å²) < 4.78 is 1.56. The van der Waals surface area contributed by atoms with Gasteiger partial charge in [-0.3, -0.25) is 4.79 Å². The van der Waals surface area contributed by atoms with Crippen molar-refractivity contribution >= 4 is 11.6 Å². The van der Waals surface area contributed by atoms with Gasteiger partial charge in [-0.15, -0.1) is 5.10 Å². The van der Waals surface area contributed by atoms with E-state index in [4.69, 9.17) is 0 Å². The molecular formula is C14H19N5O2. The van der Waals surface area contributed by atoms with Crippen molar-refractivity contribution in [2.24, 2.45) is 5.92 Å². The normalized spacial score (nSPS) is 12.4. The molecule has 0 radical (unpaired) electrons. The summed E-state index contributed by atoms with van der Waals surface area (Å²) in [6.07, 6.45) is 0.969.